The van der Waals surface area contributed by atoms with E-state index < -0.39 is 12.1 Å². The van der Waals surface area contributed by atoms with Gasteiger partial charge >= 0.3 is 0 Å². The van der Waals surface area contributed by atoms with Crippen LogP contribution in [0.4, 0.5) is 0 Å². The monoisotopic (exact) mass is 287 g/mol. The lowest BCUT2D eigenvalue weighted by molar-refractivity contribution is -0.328. The summed E-state index contributed by atoms with van der Waals surface area (Å²) in [6.07, 6.45) is 3.29. The number of hydrogen-bond donors (Lipinski definition) is 4. The molecule has 2 aliphatic rings. The summed E-state index contributed by atoms with van der Waals surface area (Å²) in [4.78, 5) is 0. The van der Waals surface area contributed by atoms with Crippen LogP contribution in [0.25, 0.3) is 0 Å². The first-order valence-electron chi connectivity index (χ1n) is 7.62. The van der Waals surface area contributed by atoms with E-state index in [1.165, 1.54) is 0 Å². The zero-order valence-corrected chi connectivity index (χ0v) is 12.9. The van der Waals surface area contributed by atoms with Crippen LogP contribution >= 0.6 is 0 Å². The highest BCUT2D eigenvalue weighted by Crippen LogP contribution is 2.40. The van der Waals surface area contributed by atoms with E-state index in [0.29, 0.717) is 6.54 Å². The summed E-state index contributed by atoms with van der Waals surface area (Å²) in [5.74, 6) is -0.851. The van der Waals surface area contributed by atoms with Gasteiger partial charge in [-0.25, -0.2) is 0 Å². The number of likely N-dealkylation sites (N-methyl/N-ethyl adjacent to an activating group) is 1. The standard InChI is InChI=1S/C14H29N3O3/c1-13(7-5-9-17-13)14(19-3,11-6-4-8-16-11)20-12(18)10-15-2/h11-12,15-18H,4-10H2,1-3H3/t11-,12?,13-,14?/m1/s1. The lowest BCUT2D eigenvalue weighted by atomic mass is 9.83. The zero-order chi connectivity index (χ0) is 14.6. The molecule has 4 N–H and O–H groups in total. The molecule has 0 aromatic rings. The number of nitrogens with one attached hydrogen (secondary N) is 3. The molecule has 2 saturated heterocycles. The number of aliphatic hydroxyl groups is 1. The van der Waals surface area contributed by atoms with Gasteiger partial charge in [0.05, 0.1) is 11.6 Å². The predicted octanol–water partition coefficient (Wildman–Crippen LogP) is -0.222. The SMILES string of the molecule is CNCC(O)OC(OC)([C@H]1CCCN1)[C@@]1(C)CCCN1. The van der Waals surface area contributed by atoms with E-state index in [2.05, 4.69) is 22.9 Å². The Labute approximate surface area is 121 Å². The number of aliphatic hydroxyl groups excluding tert-OH is 1. The Morgan fingerprint density at radius 1 is 1.45 bits per heavy atom. The fourth-order valence-corrected chi connectivity index (χ4v) is 3.63. The fourth-order valence-electron chi connectivity index (χ4n) is 3.63. The van der Waals surface area contributed by atoms with Gasteiger partial charge in [0.2, 0.25) is 5.79 Å². The van der Waals surface area contributed by atoms with Crippen molar-refractivity contribution in [3.63, 3.8) is 0 Å². The Morgan fingerprint density at radius 2 is 2.25 bits per heavy atom. The van der Waals surface area contributed by atoms with Crippen molar-refractivity contribution in [2.24, 2.45) is 0 Å². The zero-order valence-electron chi connectivity index (χ0n) is 12.9. The normalized spacial score (nSPS) is 35.1. The van der Waals surface area contributed by atoms with Gasteiger partial charge in [0, 0.05) is 13.7 Å². The molecule has 2 aliphatic heterocycles. The Morgan fingerprint density at radius 3 is 2.75 bits per heavy atom. The number of methoxy groups -OCH3 is 1. The summed E-state index contributed by atoms with van der Waals surface area (Å²) in [7, 11) is 3.47. The molecule has 0 amide bonds. The Hall–Kier alpha value is -0.240. The molecule has 118 valence electrons. The van der Waals surface area contributed by atoms with Gasteiger partial charge in [0.1, 0.15) is 0 Å². The maximum absolute atomic E-state index is 10.1. The minimum atomic E-state index is -0.887. The van der Waals surface area contributed by atoms with Crippen LogP contribution in [0, 0.1) is 0 Å². The molecule has 0 radical (unpaired) electrons. The van der Waals surface area contributed by atoms with Crippen LogP contribution in [-0.4, -0.2) is 62.6 Å². The number of ether oxygens (including phenoxy) is 2. The third-order valence-electron chi connectivity index (χ3n) is 4.65. The van der Waals surface area contributed by atoms with Gasteiger partial charge in [-0.3, -0.25) is 0 Å². The molecular weight excluding hydrogens is 258 g/mol. The van der Waals surface area contributed by atoms with E-state index in [0.717, 1.165) is 38.8 Å². The molecule has 2 rings (SSSR count). The van der Waals surface area contributed by atoms with E-state index in [4.69, 9.17) is 9.47 Å². The van der Waals surface area contributed by atoms with Crippen molar-refractivity contribution in [1.82, 2.24) is 16.0 Å². The van der Waals surface area contributed by atoms with Crippen LogP contribution in [-0.2, 0) is 9.47 Å². The van der Waals surface area contributed by atoms with E-state index in [-0.39, 0.29) is 11.6 Å². The second-order valence-electron chi connectivity index (χ2n) is 6.01. The van der Waals surface area contributed by atoms with Crippen molar-refractivity contribution in [2.45, 2.75) is 56.3 Å². The highest BCUT2D eigenvalue weighted by Gasteiger charge is 2.57. The predicted molar refractivity (Wildman–Crippen MR) is 77.4 cm³/mol. The van der Waals surface area contributed by atoms with Gasteiger partial charge in [0.15, 0.2) is 6.29 Å². The van der Waals surface area contributed by atoms with Crippen molar-refractivity contribution in [1.29, 1.82) is 0 Å². The first-order chi connectivity index (χ1) is 9.58. The summed E-state index contributed by atoms with van der Waals surface area (Å²) >= 11 is 0. The van der Waals surface area contributed by atoms with Gasteiger partial charge in [0.25, 0.3) is 0 Å². The van der Waals surface area contributed by atoms with E-state index in [9.17, 15) is 5.11 Å². The van der Waals surface area contributed by atoms with Gasteiger partial charge in [-0.1, -0.05) is 0 Å². The van der Waals surface area contributed by atoms with Crippen molar-refractivity contribution in [3.8, 4) is 0 Å². The molecule has 20 heavy (non-hydrogen) atoms. The Kier molecular flexibility index (Phi) is 5.39. The molecule has 4 atom stereocenters. The van der Waals surface area contributed by atoms with E-state index in [1.807, 2.05) is 0 Å². The molecule has 0 spiro atoms. The third kappa shape index (κ3) is 2.86. The summed E-state index contributed by atoms with van der Waals surface area (Å²) < 4.78 is 11.9. The quantitative estimate of drug-likeness (QED) is 0.485. The molecule has 0 aromatic heterocycles. The molecule has 6 heteroatoms. The lowest BCUT2D eigenvalue weighted by Gasteiger charge is -2.49. The smallest absolute Gasteiger partial charge is 0.204 e. The topological polar surface area (TPSA) is 74.8 Å². The molecule has 2 heterocycles. The van der Waals surface area contributed by atoms with Crippen LogP contribution in [0.3, 0.4) is 0 Å². The second kappa shape index (κ2) is 6.68. The van der Waals surface area contributed by atoms with Crippen molar-refractivity contribution >= 4 is 0 Å². The van der Waals surface area contributed by atoms with Crippen molar-refractivity contribution < 1.29 is 14.6 Å². The maximum atomic E-state index is 10.1. The third-order valence-corrected chi connectivity index (χ3v) is 4.65. The molecule has 6 nitrogen and oxygen atoms in total. The average Bonchev–Trinajstić information content (AvgIpc) is 3.08. The van der Waals surface area contributed by atoms with Crippen LogP contribution in [0.2, 0.25) is 0 Å². The van der Waals surface area contributed by atoms with Crippen LogP contribution in [0.5, 0.6) is 0 Å². The number of rotatable bonds is 7. The Balaban J connectivity index is 2.24. The molecular formula is C14H29N3O3. The van der Waals surface area contributed by atoms with Gasteiger partial charge in [-0.05, 0) is 52.7 Å². The first-order valence-corrected chi connectivity index (χ1v) is 7.62. The van der Waals surface area contributed by atoms with Crippen molar-refractivity contribution in [3.05, 3.63) is 0 Å². The molecule has 0 bridgehead atoms. The minimum absolute atomic E-state index is 0.0922. The molecule has 0 aromatic carbocycles. The molecule has 0 aliphatic carbocycles. The van der Waals surface area contributed by atoms with Gasteiger partial charge in [-0.15, -0.1) is 0 Å². The maximum Gasteiger partial charge on any atom is 0.204 e. The summed E-state index contributed by atoms with van der Waals surface area (Å²) in [5.41, 5.74) is -0.293. The molecule has 2 fully saturated rings. The van der Waals surface area contributed by atoms with Gasteiger partial charge < -0.3 is 30.5 Å². The second-order valence-corrected chi connectivity index (χ2v) is 6.01. The van der Waals surface area contributed by atoms with Crippen LogP contribution < -0.4 is 16.0 Å². The highest BCUT2D eigenvalue weighted by atomic mass is 16.7. The van der Waals surface area contributed by atoms with Gasteiger partial charge in [-0.2, -0.15) is 0 Å². The van der Waals surface area contributed by atoms with Crippen molar-refractivity contribution in [2.75, 3.05) is 33.8 Å². The minimum Gasteiger partial charge on any atom is -0.367 e. The summed E-state index contributed by atoms with van der Waals surface area (Å²) in [6, 6.07) is 0.0922. The van der Waals surface area contributed by atoms with Crippen LogP contribution in [0.1, 0.15) is 32.6 Å². The fraction of sp³-hybridized carbons (Fsp3) is 1.00. The lowest BCUT2D eigenvalue weighted by Crippen LogP contribution is -2.69. The molecule has 0 saturated carbocycles. The average molecular weight is 287 g/mol. The molecule has 2 unspecified atom stereocenters. The summed E-state index contributed by atoms with van der Waals surface area (Å²) in [6.45, 7) is 4.45. The van der Waals surface area contributed by atoms with E-state index in [1.54, 1.807) is 14.2 Å². The number of hydrogen-bond acceptors (Lipinski definition) is 6. The highest BCUT2D eigenvalue weighted by molar-refractivity contribution is 5.08. The summed E-state index contributed by atoms with van der Waals surface area (Å²) in [5, 5.41) is 20.1. The van der Waals surface area contributed by atoms with Crippen LogP contribution in [0.15, 0.2) is 0 Å². The Bertz CT molecular complexity index is 304. The van der Waals surface area contributed by atoms with E-state index >= 15 is 0 Å². The largest absolute Gasteiger partial charge is 0.367 e. The first kappa shape index (κ1) is 16.1.